The van der Waals surface area contributed by atoms with Crippen molar-refractivity contribution in [2.45, 2.75) is 0 Å². The van der Waals surface area contributed by atoms with Crippen LogP contribution in [-0.2, 0) is 0 Å². The minimum atomic E-state index is -0.451. The molecule has 0 radical (unpaired) electrons. The van der Waals surface area contributed by atoms with Gasteiger partial charge < -0.3 is 8.83 Å². The molecule has 112 valence electrons. The summed E-state index contributed by atoms with van der Waals surface area (Å²) in [5.41, 5.74) is 1.96. The lowest BCUT2D eigenvalue weighted by molar-refractivity contribution is 0.554. The Balaban J connectivity index is 2.10. The molecule has 2 heterocycles. The Hall–Kier alpha value is -2.43. The molecule has 0 aliphatic heterocycles. The summed E-state index contributed by atoms with van der Waals surface area (Å²) >= 11 is 11.3. The molecule has 4 rings (SSSR count). The first kappa shape index (κ1) is 14.2. The van der Waals surface area contributed by atoms with Gasteiger partial charge in [-0.05, 0) is 48.1 Å². The first-order valence-corrected chi connectivity index (χ1v) is 7.68. The molecule has 0 saturated carbocycles. The summed E-state index contributed by atoms with van der Waals surface area (Å²) in [6, 6.07) is 16.1. The standard InChI is InChI=1S/C18H9ClO3S/c19-11-7-5-10(6-8-11)13-9-14-16(22-18(13)23)12-3-1-2-4-15(12)21-17(14)20/h1-9H. The summed E-state index contributed by atoms with van der Waals surface area (Å²) in [6.07, 6.45) is 0. The Morgan fingerprint density at radius 3 is 2.43 bits per heavy atom. The van der Waals surface area contributed by atoms with Gasteiger partial charge in [-0.2, -0.15) is 0 Å². The van der Waals surface area contributed by atoms with Crippen LogP contribution in [-0.4, -0.2) is 0 Å². The monoisotopic (exact) mass is 340 g/mol. The van der Waals surface area contributed by atoms with Gasteiger partial charge in [0.2, 0.25) is 0 Å². The number of halogens is 1. The van der Waals surface area contributed by atoms with Crippen molar-refractivity contribution in [3.05, 3.63) is 74.7 Å². The molecular formula is C18H9ClO3S. The van der Waals surface area contributed by atoms with E-state index in [4.69, 9.17) is 32.7 Å². The van der Waals surface area contributed by atoms with E-state index in [2.05, 4.69) is 0 Å². The lowest BCUT2D eigenvalue weighted by Gasteiger charge is -2.05. The van der Waals surface area contributed by atoms with Crippen LogP contribution in [0.1, 0.15) is 0 Å². The molecular weight excluding hydrogens is 332 g/mol. The minimum absolute atomic E-state index is 0.315. The summed E-state index contributed by atoms with van der Waals surface area (Å²) in [4.78, 5) is 12.3. The van der Waals surface area contributed by atoms with Crippen molar-refractivity contribution in [1.29, 1.82) is 0 Å². The largest absolute Gasteiger partial charge is 0.444 e. The second-order valence-corrected chi connectivity index (χ2v) is 5.89. The van der Waals surface area contributed by atoms with E-state index in [0.29, 0.717) is 31.8 Å². The highest BCUT2D eigenvalue weighted by molar-refractivity contribution is 7.71. The molecule has 0 aliphatic carbocycles. The highest BCUT2D eigenvalue weighted by atomic mass is 35.5. The van der Waals surface area contributed by atoms with Crippen LogP contribution in [0.25, 0.3) is 33.1 Å². The second-order valence-electron chi connectivity index (χ2n) is 5.08. The Labute approximate surface area is 140 Å². The zero-order chi connectivity index (χ0) is 16.0. The maximum atomic E-state index is 12.3. The molecule has 2 aromatic carbocycles. The summed E-state index contributed by atoms with van der Waals surface area (Å²) in [5, 5.41) is 1.71. The van der Waals surface area contributed by atoms with E-state index in [9.17, 15) is 4.79 Å². The molecule has 0 atom stereocenters. The van der Waals surface area contributed by atoms with E-state index in [1.165, 1.54) is 0 Å². The van der Waals surface area contributed by atoms with Crippen LogP contribution in [0.4, 0.5) is 0 Å². The van der Waals surface area contributed by atoms with Crippen molar-refractivity contribution in [3.8, 4) is 11.1 Å². The van der Waals surface area contributed by atoms with Crippen molar-refractivity contribution in [2.24, 2.45) is 0 Å². The number of rotatable bonds is 1. The minimum Gasteiger partial charge on any atom is -0.444 e. The van der Waals surface area contributed by atoms with Gasteiger partial charge in [-0.3, -0.25) is 0 Å². The Bertz CT molecular complexity index is 1160. The summed E-state index contributed by atoms with van der Waals surface area (Å²) < 4.78 is 11.5. The third kappa shape index (κ3) is 2.36. The highest BCUT2D eigenvalue weighted by Crippen LogP contribution is 2.29. The fraction of sp³-hybridized carbons (Fsp3) is 0. The predicted octanol–water partition coefficient (Wildman–Crippen LogP) is 5.59. The Kier molecular flexibility index (Phi) is 3.29. The van der Waals surface area contributed by atoms with Gasteiger partial charge in [0.25, 0.3) is 0 Å². The van der Waals surface area contributed by atoms with Crippen LogP contribution < -0.4 is 5.63 Å². The van der Waals surface area contributed by atoms with Gasteiger partial charge in [0, 0.05) is 10.6 Å². The third-order valence-electron chi connectivity index (χ3n) is 3.66. The van der Waals surface area contributed by atoms with E-state index in [1.807, 2.05) is 24.3 Å². The summed E-state index contributed by atoms with van der Waals surface area (Å²) in [7, 11) is 0. The van der Waals surface area contributed by atoms with E-state index in [-0.39, 0.29) is 0 Å². The number of fused-ring (bicyclic) bond motifs is 3. The average molecular weight is 341 g/mol. The van der Waals surface area contributed by atoms with E-state index in [1.54, 1.807) is 30.3 Å². The van der Waals surface area contributed by atoms with Gasteiger partial charge in [-0.15, -0.1) is 0 Å². The molecule has 0 unspecified atom stereocenters. The average Bonchev–Trinajstić information content (AvgIpc) is 2.55. The molecule has 23 heavy (non-hydrogen) atoms. The molecule has 0 fully saturated rings. The van der Waals surface area contributed by atoms with Crippen molar-refractivity contribution < 1.29 is 8.83 Å². The van der Waals surface area contributed by atoms with Gasteiger partial charge in [0.05, 0.1) is 5.39 Å². The molecule has 0 N–H and O–H groups in total. The molecule has 0 bridgehead atoms. The molecule has 5 heteroatoms. The van der Waals surface area contributed by atoms with Crippen LogP contribution in [0, 0.1) is 4.71 Å². The van der Waals surface area contributed by atoms with Gasteiger partial charge in [-0.25, -0.2) is 4.79 Å². The number of benzene rings is 2. The molecule has 0 spiro atoms. The maximum Gasteiger partial charge on any atom is 0.347 e. The van der Waals surface area contributed by atoms with Crippen LogP contribution in [0.2, 0.25) is 5.02 Å². The van der Waals surface area contributed by atoms with Gasteiger partial charge >= 0.3 is 5.63 Å². The second kappa shape index (κ2) is 5.33. The zero-order valence-corrected chi connectivity index (χ0v) is 13.3. The van der Waals surface area contributed by atoms with Crippen LogP contribution in [0.3, 0.4) is 0 Å². The lowest BCUT2D eigenvalue weighted by atomic mass is 10.1. The fourth-order valence-electron chi connectivity index (χ4n) is 2.55. The zero-order valence-electron chi connectivity index (χ0n) is 11.7. The first-order chi connectivity index (χ1) is 11.1. The molecule has 2 aromatic heterocycles. The topological polar surface area (TPSA) is 43.4 Å². The van der Waals surface area contributed by atoms with Crippen LogP contribution in [0.5, 0.6) is 0 Å². The number of hydrogen-bond acceptors (Lipinski definition) is 4. The van der Waals surface area contributed by atoms with Crippen LogP contribution in [0.15, 0.2) is 68.2 Å². The van der Waals surface area contributed by atoms with Gasteiger partial charge in [-0.1, -0.05) is 35.9 Å². The predicted molar refractivity (Wildman–Crippen MR) is 93.5 cm³/mol. The van der Waals surface area contributed by atoms with Crippen molar-refractivity contribution >= 4 is 45.8 Å². The van der Waals surface area contributed by atoms with Crippen molar-refractivity contribution in [1.82, 2.24) is 0 Å². The van der Waals surface area contributed by atoms with Crippen molar-refractivity contribution in [3.63, 3.8) is 0 Å². The molecule has 0 amide bonds. The Morgan fingerprint density at radius 2 is 1.65 bits per heavy atom. The molecule has 0 aliphatic rings. The number of hydrogen-bond donors (Lipinski definition) is 0. The van der Waals surface area contributed by atoms with Gasteiger partial charge in [0.15, 0.2) is 10.3 Å². The highest BCUT2D eigenvalue weighted by Gasteiger charge is 2.12. The van der Waals surface area contributed by atoms with Crippen molar-refractivity contribution in [2.75, 3.05) is 0 Å². The van der Waals surface area contributed by atoms with E-state index < -0.39 is 5.63 Å². The quantitative estimate of drug-likeness (QED) is 0.257. The smallest absolute Gasteiger partial charge is 0.347 e. The lowest BCUT2D eigenvalue weighted by Crippen LogP contribution is -2.00. The molecule has 3 nitrogen and oxygen atoms in total. The maximum absolute atomic E-state index is 12.3. The molecule has 4 aromatic rings. The Morgan fingerprint density at radius 1 is 0.913 bits per heavy atom. The summed E-state index contributed by atoms with van der Waals surface area (Å²) in [5.74, 6) is 0. The third-order valence-corrected chi connectivity index (χ3v) is 4.21. The van der Waals surface area contributed by atoms with E-state index >= 15 is 0 Å². The van der Waals surface area contributed by atoms with Gasteiger partial charge in [0.1, 0.15) is 11.0 Å². The SMILES string of the molecule is O=c1oc2ccccc2c2oc(=S)c(-c3ccc(Cl)cc3)cc12. The van der Waals surface area contributed by atoms with Crippen LogP contribution >= 0.6 is 23.8 Å². The van der Waals surface area contributed by atoms with E-state index in [0.717, 1.165) is 10.9 Å². The number of para-hydroxylation sites is 1. The first-order valence-electron chi connectivity index (χ1n) is 6.89. The molecule has 0 saturated heterocycles. The normalized spacial score (nSPS) is 11.2. The fourth-order valence-corrected chi connectivity index (χ4v) is 2.94. The summed E-state index contributed by atoms with van der Waals surface area (Å²) in [6.45, 7) is 0.